The Balaban J connectivity index is 2.12. The molecule has 0 atom stereocenters. The zero-order chi connectivity index (χ0) is 15.4. The predicted molar refractivity (Wildman–Crippen MR) is 73.8 cm³/mol. The molecule has 0 radical (unpaired) electrons. The van der Waals surface area contributed by atoms with Gasteiger partial charge in [-0.2, -0.15) is 13.9 Å². The first kappa shape index (κ1) is 14.8. The molecule has 0 spiro atoms. The highest BCUT2D eigenvalue weighted by molar-refractivity contribution is 6.00. The van der Waals surface area contributed by atoms with Crippen molar-refractivity contribution in [1.82, 2.24) is 10.2 Å². The van der Waals surface area contributed by atoms with E-state index in [-0.39, 0.29) is 11.4 Å². The highest BCUT2D eigenvalue weighted by atomic mass is 19.3. The third kappa shape index (κ3) is 3.91. The molecular weight excluding hydrogens is 282 g/mol. The number of alkyl halides is 2. The van der Waals surface area contributed by atoms with E-state index in [0.717, 1.165) is 5.69 Å². The molecule has 0 unspecified atom stereocenters. The maximum absolute atomic E-state index is 12.4. The average Bonchev–Trinajstić information content (AvgIpc) is 2.78. The molecule has 0 bridgehead atoms. The van der Waals surface area contributed by atoms with Gasteiger partial charge in [-0.05, 0) is 25.5 Å². The number of nitrogens with one attached hydrogen (secondary N) is 3. The zero-order valence-electron chi connectivity index (χ0n) is 11.4. The molecule has 1 aromatic heterocycles. The minimum Gasteiger partial charge on any atom is -0.433 e. The van der Waals surface area contributed by atoms with Gasteiger partial charge in [-0.25, -0.2) is 4.79 Å². The third-order valence-corrected chi connectivity index (χ3v) is 2.64. The summed E-state index contributed by atoms with van der Waals surface area (Å²) in [4.78, 5) is 11.9. The number of urea groups is 1. The number of hydrogen-bond acceptors (Lipinski definition) is 3. The molecule has 2 rings (SSSR count). The van der Waals surface area contributed by atoms with Crippen LogP contribution in [0.1, 0.15) is 11.3 Å². The van der Waals surface area contributed by atoms with Crippen LogP contribution in [0.15, 0.2) is 24.3 Å². The average molecular weight is 296 g/mol. The Kier molecular flexibility index (Phi) is 4.36. The van der Waals surface area contributed by atoms with Crippen molar-refractivity contribution in [2.24, 2.45) is 0 Å². The molecule has 1 heterocycles. The molecule has 0 fully saturated rings. The molecule has 0 saturated heterocycles. The molecule has 1 aromatic carbocycles. The highest BCUT2D eigenvalue weighted by Crippen LogP contribution is 2.29. The molecule has 0 saturated carbocycles. The summed E-state index contributed by atoms with van der Waals surface area (Å²) in [5.74, 6) is 0.230. The van der Waals surface area contributed by atoms with Crippen molar-refractivity contribution in [1.29, 1.82) is 0 Å². The first-order chi connectivity index (χ1) is 9.95. The minimum atomic E-state index is -2.97. The predicted octanol–water partition coefficient (Wildman–Crippen LogP) is 3.27. The molecular formula is C13H14F2N4O2. The van der Waals surface area contributed by atoms with Gasteiger partial charge < -0.3 is 10.1 Å². The van der Waals surface area contributed by atoms with Crippen LogP contribution in [0.3, 0.4) is 0 Å². The van der Waals surface area contributed by atoms with Crippen LogP contribution in [0.5, 0.6) is 5.75 Å². The lowest BCUT2D eigenvalue weighted by Crippen LogP contribution is -2.21. The van der Waals surface area contributed by atoms with Gasteiger partial charge in [0.15, 0.2) is 5.82 Å². The second kappa shape index (κ2) is 6.21. The summed E-state index contributed by atoms with van der Waals surface area (Å²) in [6.45, 7) is 0.489. The van der Waals surface area contributed by atoms with Gasteiger partial charge >= 0.3 is 12.6 Å². The van der Waals surface area contributed by atoms with Crippen LogP contribution in [-0.4, -0.2) is 22.8 Å². The van der Waals surface area contributed by atoms with Gasteiger partial charge in [0.2, 0.25) is 0 Å². The van der Waals surface area contributed by atoms with Crippen molar-refractivity contribution >= 4 is 17.5 Å². The number of benzene rings is 1. The molecule has 0 aliphatic carbocycles. The van der Waals surface area contributed by atoms with Crippen LogP contribution in [0.4, 0.5) is 25.1 Å². The summed E-state index contributed by atoms with van der Waals surface area (Å²) in [5, 5.41) is 11.5. The van der Waals surface area contributed by atoms with E-state index in [4.69, 9.17) is 0 Å². The number of rotatable bonds is 4. The van der Waals surface area contributed by atoms with E-state index in [1.54, 1.807) is 32.0 Å². The first-order valence-electron chi connectivity index (χ1n) is 6.10. The van der Waals surface area contributed by atoms with Gasteiger partial charge in [0, 0.05) is 11.8 Å². The zero-order valence-corrected chi connectivity index (χ0v) is 11.4. The first-order valence-corrected chi connectivity index (χ1v) is 6.10. The van der Waals surface area contributed by atoms with E-state index in [1.807, 2.05) is 0 Å². The molecule has 0 aliphatic heterocycles. The number of para-hydroxylation sites is 1. The van der Waals surface area contributed by atoms with Crippen molar-refractivity contribution in [3.8, 4) is 5.75 Å². The van der Waals surface area contributed by atoms with Gasteiger partial charge in [-0.15, -0.1) is 0 Å². The van der Waals surface area contributed by atoms with Crippen molar-refractivity contribution in [2.45, 2.75) is 20.5 Å². The number of amides is 2. The summed E-state index contributed by atoms with van der Waals surface area (Å²) in [6.07, 6.45) is 0. The number of aromatic nitrogens is 2. The van der Waals surface area contributed by atoms with Crippen molar-refractivity contribution in [3.05, 3.63) is 35.5 Å². The van der Waals surface area contributed by atoms with E-state index < -0.39 is 12.6 Å². The van der Waals surface area contributed by atoms with Crippen LogP contribution in [0.2, 0.25) is 0 Å². The Morgan fingerprint density at radius 2 is 2.10 bits per heavy atom. The maximum atomic E-state index is 12.4. The Morgan fingerprint density at radius 3 is 2.71 bits per heavy atom. The van der Waals surface area contributed by atoms with Gasteiger partial charge in [-0.3, -0.25) is 10.4 Å². The smallest absolute Gasteiger partial charge is 0.387 e. The second-order valence-corrected chi connectivity index (χ2v) is 4.34. The fourth-order valence-corrected chi connectivity index (χ4v) is 1.74. The SMILES string of the molecule is Cc1cc(NC(=O)Nc2c(C)cccc2OC(F)F)n[nH]1. The monoisotopic (exact) mass is 296 g/mol. The van der Waals surface area contributed by atoms with Crippen LogP contribution < -0.4 is 15.4 Å². The van der Waals surface area contributed by atoms with Crippen LogP contribution in [-0.2, 0) is 0 Å². The van der Waals surface area contributed by atoms with Crippen LogP contribution in [0.25, 0.3) is 0 Å². The van der Waals surface area contributed by atoms with E-state index in [2.05, 4.69) is 25.6 Å². The van der Waals surface area contributed by atoms with Gasteiger partial charge in [-0.1, -0.05) is 12.1 Å². The molecule has 21 heavy (non-hydrogen) atoms. The van der Waals surface area contributed by atoms with Gasteiger partial charge in [0.05, 0.1) is 5.69 Å². The topological polar surface area (TPSA) is 79.0 Å². The Bertz CT molecular complexity index is 643. The maximum Gasteiger partial charge on any atom is 0.387 e. The normalized spacial score (nSPS) is 10.5. The lowest BCUT2D eigenvalue weighted by molar-refractivity contribution is -0.0493. The molecule has 2 amide bonds. The number of carbonyl (C=O) groups excluding carboxylic acids is 1. The summed E-state index contributed by atoms with van der Waals surface area (Å²) < 4.78 is 29.1. The lowest BCUT2D eigenvalue weighted by atomic mass is 10.2. The number of H-pyrrole nitrogens is 1. The third-order valence-electron chi connectivity index (χ3n) is 2.64. The van der Waals surface area contributed by atoms with Crippen molar-refractivity contribution in [2.75, 3.05) is 10.6 Å². The largest absolute Gasteiger partial charge is 0.433 e. The minimum absolute atomic E-state index is 0.0987. The number of nitrogens with zero attached hydrogens (tertiary/aromatic N) is 1. The number of carbonyl (C=O) groups is 1. The van der Waals surface area contributed by atoms with Gasteiger partial charge in [0.25, 0.3) is 0 Å². The summed E-state index contributed by atoms with van der Waals surface area (Å²) in [7, 11) is 0. The van der Waals surface area contributed by atoms with E-state index in [1.165, 1.54) is 6.07 Å². The molecule has 3 N–H and O–H groups in total. The molecule has 0 aliphatic rings. The van der Waals surface area contributed by atoms with E-state index in [0.29, 0.717) is 11.4 Å². The summed E-state index contributed by atoms with van der Waals surface area (Å²) >= 11 is 0. The number of aryl methyl sites for hydroxylation is 2. The summed E-state index contributed by atoms with van der Waals surface area (Å²) in [5.41, 5.74) is 1.56. The standard InChI is InChI=1S/C13H14F2N4O2/c1-7-4-3-5-9(21-12(14)15)11(7)17-13(20)16-10-6-8(2)18-19-10/h3-6,12H,1-2H3,(H3,16,17,18,19,20). The Hall–Kier alpha value is -2.64. The highest BCUT2D eigenvalue weighted by Gasteiger charge is 2.14. The molecule has 112 valence electrons. The fourth-order valence-electron chi connectivity index (χ4n) is 1.74. The van der Waals surface area contributed by atoms with Crippen LogP contribution in [0, 0.1) is 13.8 Å². The number of hydrogen-bond donors (Lipinski definition) is 3. The van der Waals surface area contributed by atoms with Crippen molar-refractivity contribution < 1.29 is 18.3 Å². The second-order valence-electron chi connectivity index (χ2n) is 4.34. The summed E-state index contributed by atoms with van der Waals surface area (Å²) in [6, 6.07) is 5.62. The quantitative estimate of drug-likeness (QED) is 0.810. The number of halogens is 2. The number of anilines is 2. The Labute approximate surface area is 119 Å². The lowest BCUT2D eigenvalue weighted by Gasteiger charge is -2.14. The number of aromatic amines is 1. The van der Waals surface area contributed by atoms with Crippen LogP contribution >= 0.6 is 0 Å². The van der Waals surface area contributed by atoms with Gasteiger partial charge in [0.1, 0.15) is 5.75 Å². The van der Waals surface area contributed by atoms with E-state index in [9.17, 15) is 13.6 Å². The fraction of sp³-hybridized carbons (Fsp3) is 0.231. The molecule has 2 aromatic rings. The van der Waals surface area contributed by atoms with E-state index >= 15 is 0 Å². The molecule has 6 nitrogen and oxygen atoms in total. The molecule has 8 heteroatoms. The van der Waals surface area contributed by atoms with Crippen molar-refractivity contribution in [3.63, 3.8) is 0 Å². The Morgan fingerprint density at radius 1 is 1.33 bits per heavy atom. The number of ether oxygens (including phenoxy) is 1.